The summed E-state index contributed by atoms with van der Waals surface area (Å²) in [7, 11) is 0. The maximum atomic E-state index is 12.4. The summed E-state index contributed by atoms with van der Waals surface area (Å²) < 4.78 is 5.69. The molecule has 3 aromatic rings. The third-order valence-electron chi connectivity index (χ3n) is 4.40. The molecule has 10 nitrogen and oxygen atoms in total. The molecule has 0 fully saturated rings. The Labute approximate surface area is 187 Å². The highest BCUT2D eigenvalue weighted by molar-refractivity contribution is 6.09. The Morgan fingerprint density at radius 1 is 0.970 bits per heavy atom. The van der Waals surface area contributed by atoms with E-state index in [-0.39, 0.29) is 29.2 Å². The van der Waals surface area contributed by atoms with Gasteiger partial charge in [0.15, 0.2) is 0 Å². The van der Waals surface area contributed by atoms with Crippen molar-refractivity contribution in [2.24, 2.45) is 0 Å². The van der Waals surface area contributed by atoms with Gasteiger partial charge >= 0.3 is 0 Å². The number of ether oxygens (including phenoxy) is 1. The van der Waals surface area contributed by atoms with Crippen LogP contribution < -0.4 is 10.1 Å². The van der Waals surface area contributed by atoms with Gasteiger partial charge in [0.2, 0.25) is 0 Å². The smallest absolute Gasteiger partial charge is 0.271 e. The van der Waals surface area contributed by atoms with Crippen LogP contribution in [0, 0.1) is 31.6 Å². The average molecular weight is 444 g/mol. The zero-order valence-corrected chi connectivity index (χ0v) is 17.0. The van der Waals surface area contributed by atoms with Gasteiger partial charge in [-0.05, 0) is 47.5 Å². The van der Waals surface area contributed by atoms with Gasteiger partial charge in [0.05, 0.1) is 9.85 Å². The van der Waals surface area contributed by atoms with Gasteiger partial charge in [-0.15, -0.1) is 0 Å². The number of nitro benzene ring substituents is 2. The highest BCUT2D eigenvalue weighted by Crippen LogP contribution is 2.20. The molecule has 3 rings (SSSR count). The average Bonchev–Trinajstić information content (AvgIpc) is 2.81. The van der Waals surface area contributed by atoms with Crippen LogP contribution in [-0.2, 0) is 11.4 Å². The van der Waals surface area contributed by atoms with Gasteiger partial charge in [-0.3, -0.25) is 25.0 Å². The predicted octanol–water partition coefficient (Wildman–Crippen LogP) is 4.63. The third kappa shape index (κ3) is 6.22. The number of carbonyl (C=O) groups excluding carboxylic acids is 1. The molecule has 0 saturated carbocycles. The maximum absolute atomic E-state index is 12.4. The first-order valence-corrected chi connectivity index (χ1v) is 9.49. The number of nitrogens with one attached hydrogen (secondary N) is 1. The molecular weight excluding hydrogens is 428 g/mol. The van der Waals surface area contributed by atoms with Crippen molar-refractivity contribution in [1.29, 1.82) is 5.26 Å². The fourth-order valence-electron chi connectivity index (χ4n) is 2.79. The fourth-order valence-corrected chi connectivity index (χ4v) is 2.79. The summed E-state index contributed by atoms with van der Waals surface area (Å²) >= 11 is 0. The van der Waals surface area contributed by atoms with Crippen molar-refractivity contribution in [2.45, 2.75) is 6.61 Å². The number of nitrogens with zero attached hydrogens (tertiary/aromatic N) is 3. The lowest BCUT2D eigenvalue weighted by Gasteiger charge is -2.08. The lowest BCUT2D eigenvalue weighted by molar-refractivity contribution is -0.385. The van der Waals surface area contributed by atoms with E-state index >= 15 is 0 Å². The minimum atomic E-state index is -0.713. The molecule has 10 heteroatoms. The Balaban J connectivity index is 1.69. The standard InChI is InChI=1S/C23H16N4O6/c24-14-18(23(28)25-19-4-2-5-21(13-19)27(31)32)11-17-3-1-6-22(12-17)33-15-16-7-9-20(10-8-16)26(29)30/h1-13H,15H2,(H,25,28)/b18-11-. The number of nitro groups is 2. The molecule has 0 saturated heterocycles. The number of hydrogen-bond donors (Lipinski definition) is 1. The summed E-state index contributed by atoms with van der Waals surface area (Å²) in [5.41, 5.74) is 1.05. The van der Waals surface area contributed by atoms with Gasteiger partial charge < -0.3 is 10.1 Å². The SMILES string of the molecule is N#C/C(=C/c1cccc(OCc2ccc([N+](=O)[O-])cc2)c1)C(=O)Nc1cccc([N+](=O)[O-])c1. The molecule has 0 bridgehead atoms. The summed E-state index contributed by atoms with van der Waals surface area (Å²) in [6, 6.07) is 19.8. The molecular formula is C23H16N4O6. The van der Waals surface area contributed by atoms with E-state index in [9.17, 15) is 30.3 Å². The first-order valence-electron chi connectivity index (χ1n) is 9.49. The second-order valence-corrected chi connectivity index (χ2v) is 6.72. The number of anilines is 1. The zero-order chi connectivity index (χ0) is 23.8. The Kier molecular flexibility index (Phi) is 7.08. The van der Waals surface area contributed by atoms with E-state index in [1.54, 1.807) is 36.4 Å². The van der Waals surface area contributed by atoms with Gasteiger partial charge in [-0.1, -0.05) is 18.2 Å². The van der Waals surface area contributed by atoms with Crippen LogP contribution in [0.4, 0.5) is 17.1 Å². The molecule has 0 unspecified atom stereocenters. The van der Waals surface area contributed by atoms with Crippen LogP contribution >= 0.6 is 0 Å². The van der Waals surface area contributed by atoms with Gasteiger partial charge in [0, 0.05) is 30.0 Å². The topological polar surface area (TPSA) is 148 Å². The minimum absolute atomic E-state index is 0.0155. The number of non-ortho nitro benzene ring substituents is 2. The van der Waals surface area contributed by atoms with Crippen molar-refractivity contribution in [3.63, 3.8) is 0 Å². The summed E-state index contributed by atoms with van der Waals surface area (Å²) in [5, 5.41) is 33.5. The summed E-state index contributed by atoms with van der Waals surface area (Å²) in [6.07, 6.45) is 1.37. The van der Waals surface area contributed by atoms with E-state index in [1.807, 2.05) is 6.07 Å². The largest absolute Gasteiger partial charge is 0.489 e. The number of rotatable bonds is 8. The molecule has 0 aliphatic heterocycles. The fraction of sp³-hybridized carbons (Fsp3) is 0.0435. The number of amides is 1. The first-order chi connectivity index (χ1) is 15.9. The summed E-state index contributed by atoms with van der Waals surface area (Å²) in [4.78, 5) is 33.0. The lowest BCUT2D eigenvalue weighted by atomic mass is 10.1. The van der Waals surface area contributed by atoms with Crippen molar-refractivity contribution in [1.82, 2.24) is 0 Å². The third-order valence-corrected chi connectivity index (χ3v) is 4.40. The van der Waals surface area contributed by atoms with Crippen LogP contribution in [0.5, 0.6) is 5.75 Å². The van der Waals surface area contributed by atoms with Crippen molar-refractivity contribution >= 4 is 29.0 Å². The molecule has 0 heterocycles. The van der Waals surface area contributed by atoms with E-state index < -0.39 is 15.8 Å². The van der Waals surface area contributed by atoms with Crippen molar-refractivity contribution in [2.75, 3.05) is 5.32 Å². The second kappa shape index (κ2) is 10.3. The molecule has 0 aliphatic carbocycles. The van der Waals surface area contributed by atoms with Crippen LogP contribution in [0.2, 0.25) is 0 Å². The predicted molar refractivity (Wildman–Crippen MR) is 119 cm³/mol. The van der Waals surface area contributed by atoms with Crippen LogP contribution in [0.1, 0.15) is 11.1 Å². The van der Waals surface area contributed by atoms with Crippen molar-refractivity contribution in [3.8, 4) is 11.8 Å². The Bertz CT molecular complexity index is 1280. The highest BCUT2D eigenvalue weighted by Gasteiger charge is 2.12. The Hall–Kier alpha value is -5.04. The molecule has 0 aliphatic rings. The number of nitriles is 1. The van der Waals surface area contributed by atoms with Crippen molar-refractivity contribution in [3.05, 3.63) is 110 Å². The van der Waals surface area contributed by atoms with E-state index in [0.717, 1.165) is 5.56 Å². The van der Waals surface area contributed by atoms with E-state index in [1.165, 1.54) is 42.5 Å². The van der Waals surface area contributed by atoms with Gasteiger partial charge in [0.1, 0.15) is 24.0 Å². The van der Waals surface area contributed by atoms with Gasteiger partial charge in [-0.25, -0.2) is 0 Å². The number of carbonyl (C=O) groups is 1. The lowest BCUT2D eigenvalue weighted by Crippen LogP contribution is -2.13. The van der Waals surface area contributed by atoms with E-state index in [2.05, 4.69) is 5.32 Å². The molecule has 33 heavy (non-hydrogen) atoms. The van der Waals surface area contributed by atoms with Gasteiger partial charge in [0.25, 0.3) is 17.3 Å². The first kappa shape index (κ1) is 22.6. The van der Waals surface area contributed by atoms with E-state index in [4.69, 9.17) is 4.74 Å². The molecule has 1 N–H and O–H groups in total. The minimum Gasteiger partial charge on any atom is -0.489 e. The molecule has 1 amide bonds. The van der Waals surface area contributed by atoms with Crippen LogP contribution in [-0.4, -0.2) is 15.8 Å². The molecule has 0 atom stereocenters. The number of hydrogen-bond acceptors (Lipinski definition) is 7. The summed E-state index contributed by atoms with van der Waals surface area (Å²) in [6.45, 7) is 0.170. The molecule has 164 valence electrons. The molecule has 0 spiro atoms. The van der Waals surface area contributed by atoms with Crippen LogP contribution in [0.3, 0.4) is 0 Å². The van der Waals surface area contributed by atoms with Crippen LogP contribution in [0.15, 0.2) is 78.4 Å². The van der Waals surface area contributed by atoms with Crippen molar-refractivity contribution < 1.29 is 19.4 Å². The van der Waals surface area contributed by atoms with Gasteiger partial charge in [-0.2, -0.15) is 5.26 Å². The quantitative estimate of drug-likeness (QED) is 0.230. The second-order valence-electron chi connectivity index (χ2n) is 6.72. The number of benzene rings is 3. The maximum Gasteiger partial charge on any atom is 0.271 e. The zero-order valence-electron chi connectivity index (χ0n) is 17.0. The Morgan fingerprint density at radius 3 is 2.33 bits per heavy atom. The molecule has 0 aromatic heterocycles. The normalized spacial score (nSPS) is 10.7. The molecule has 3 aromatic carbocycles. The van der Waals surface area contributed by atoms with Crippen LogP contribution in [0.25, 0.3) is 6.08 Å². The Morgan fingerprint density at radius 2 is 1.67 bits per heavy atom. The van der Waals surface area contributed by atoms with E-state index in [0.29, 0.717) is 11.3 Å². The summed E-state index contributed by atoms with van der Waals surface area (Å²) in [5.74, 6) is -0.242. The monoisotopic (exact) mass is 444 g/mol. The highest BCUT2D eigenvalue weighted by atomic mass is 16.6. The molecule has 0 radical (unpaired) electrons.